The fraction of sp³-hybridized carbons (Fsp3) is 0. The highest BCUT2D eigenvalue weighted by molar-refractivity contribution is 7.89. The Morgan fingerprint density at radius 3 is 2.34 bits per heavy atom. The quantitative estimate of drug-likeness (QED) is 0.363. The summed E-state index contributed by atoms with van der Waals surface area (Å²) in [6, 6.07) is 15.9. The highest BCUT2D eigenvalue weighted by Gasteiger charge is 2.27. The van der Waals surface area contributed by atoms with E-state index in [0.29, 0.717) is 11.1 Å². The maximum absolute atomic E-state index is 11.8. The number of hydrogen-bond donors (Lipinski definition) is 2. The molecular formula is C18H12N2O6S3. The van der Waals surface area contributed by atoms with E-state index in [0.717, 1.165) is 21.2 Å². The summed E-state index contributed by atoms with van der Waals surface area (Å²) in [6.45, 7) is 0. The molecule has 0 amide bonds. The largest absolute Gasteiger partial charge is 0.298 e. The second kappa shape index (κ2) is 6.97. The van der Waals surface area contributed by atoms with Crippen molar-refractivity contribution in [2.24, 2.45) is 4.99 Å². The van der Waals surface area contributed by atoms with Crippen LogP contribution in [0.4, 0.5) is 5.69 Å². The minimum absolute atomic E-state index is 0.319. The third-order valence-corrected chi connectivity index (χ3v) is 7.10. The highest BCUT2D eigenvalue weighted by Crippen LogP contribution is 2.32. The van der Waals surface area contributed by atoms with E-state index < -0.39 is 30.0 Å². The predicted octanol–water partition coefficient (Wildman–Crippen LogP) is 3.13. The second-order valence-electron chi connectivity index (χ2n) is 6.00. The predicted molar refractivity (Wildman–Crippen MR) is 108 cm³/mol. The van der Waals surface area contributed by atoms with Crippen LogP contribution in [0.1, 0.15) is 0 Å². The molecule has 148 valence electrons. The summed E-state index contributed by atoms with van der Waals surface area (Å²) in [5.41, 5.74) is 1.24. The Bertz CT molecular complexity index is 1510. The third kappa shape index (κ3) is 3.91. The summed E-state index contributed by atoms with van der Waals surface area (Å²) in [6.07, 6.45) is 0. The normalized spacial score (nSPS) is 13.2. The molecule has 29 heavy (non-hydrogen) atoms. The van der Waals surface area contributed by atoms with Crippen molar-refractivity contribution in [3.8, 4) is 10.6 Å². The van der Waals surface area contributed by atoms with Crippen LogP contribution in [0.25, 0.3) is 20.8 Å². The van der Waals surface area contributed by atoms with Crippen molar-refractivity contribution in [1.29, 1.82) is 0 Å². The number of aromatic nitrogens is 1. The van der Waals surface area contributed by atoms with Gasteiger partial charge in [0.1, 0.15) is 9.79 Å². The molecule has 0 spiro atoms. The first-order valence-corrected chi connectivity index (χ1v) is 11.7. The summed E-state index contributed by atoms with van der Waals surface area (Å²) in [5.74, 6) is 0. The minimum Gasteiger partial charge on any atom is -0.282 e. The Kier molecular flexibility index (Phi) is 4.71. The SMILES string of the molecule is O=S(=O)(O)c1cccc(/N=c2/ccc3nc4ccccc4sc-3c2)c1S(=O)(=O)O. The van der Waals surface area contributed by atoms with E-state index in [1.807, 2.05) is 24.3 Å². The number of benzene rings is 3. The smallest absolute Gasteiger partial charge is 0.282 e. The van der Waals surface area contributed by atoms with Crippen molar-refractivity contribution in [1.82, 2.24) is 4.98 Å². The van der Waals surface area contributed by atoms with Crippen molar-refractivity contribution in [2.45, 2.75) is 9.79 Å². The Balaban J connectivity index is 1.98. The van der Waals surface area contributed by atoms with E-state index in [1.54, 1.807) is 18.2 Å². The van der Waals surface area contributed by atoms with E-state index in [9.17, 15) is 25.9 Å². The fourth-order valence-corrected chi connectivity index (χ4v) is 5.75. The van der Waals surface area contributed by atoms with E-state index in [4.69, 9.17) is 0 Å². The van der Waals surface area contributed by atoms with E-state index in [-0.39, 0.29) is 5.69 Å². The van der Waals surface area contributed by atoms with Crippen LogP contribution in [-0.4, -0.2) is 30.9 Å². The van der Waals surface area contributed by atoms with Crippen LogP contribution in [0.5, 0.6) is 0 Å². The molecule has 0 saturated heterocycles. The standard InChI is InChI=1S/C18H12N2O6S3/c21-28(22,23)17-7-3-5-14(18(17)29(24,25)26)19-11-8-9-13-16(10-11)27-15-6-2-1-4-12(15)20-13/h1-10H,(H,21,22,23)(H,24,25,26)/b19-11-. The van der Waals surface area contributed by atoms with Crippen molar-refractivity contribution >= 4 is 47.5 Å². The van der Waals surface area contributed by atoms with E-state index in [1.165, 1.54) is 23.5 Å². The summed E-state index contributed by atoms with van der Waals surface area (Å²) in [5, 5.41) is 0.322. The molecular weight excluding hydrogens is 436 g/mol. The van der Waals surface area contributed by atoms with Gasteiger partial charge in [-0.1, -0.05) is 18.2 Å². The van der Waals surface area contributed by atoms with Gasteiger partial charge in [0.05, 0.1) is 31.8 Å². The number of rotatable bonds is 3. The Morgan fingerprint density at radius 2 is 1.62 bits per heavy atom. The molecule has 0 aromatic heterocycles. The number of nitrogens with zero attached hydrogens (tertiary/aromatic N) is 2. The third-order valence-electron chi connectivity index (χ3n) is 4.01. The van der Waals surface area contributed by atoms with Crippen LogP contribution in [0, 0.1) is 0 Å². The Morgan fingerprint density at radius 1 is 0.862 bits per heavy atom. The van der Waals surface area contributed by atoms with Gasteiger partial charge in [0.2, 0.25) is 0 Å². The van der Waals surface area contributed by atoms with Gasteiger partial charge in [-0.3, -0.25) is 9.11 Å². The van der Waals surface area contributed by atoms with Gasteiger partial charge in [-0.05, 0) is 42.5 Å². The molecule has 4 rings (SSSR count). The van der Waals surface area contributed by atoms with Gasteiger partial charge >= 0.3 is 0 Å². The molecule has 0 fully saturated rings. The van der Waals surface area contributed by atoms with E-state index >= 15 is 0 Å². The summed E-state index contributed by atoms with van der Waals surface area (Å²) < 4.78 is 66.4. The van der Waals surface area contributed by atoms with Crippen LogP contribution in [-0.2, 0) is 20.2 Å². The van der Waals surface area contributed by atoms with Crippen molar-refractivity contribution < 1.29 is 25.9 Å². The van der Waals surface area contributed by atoms with Crippen molar-refractivity contribution in [2.75, 3.05) is 0 Å². The maximum Gasteiger partial charge on any atom is 0.298 e. The molecule has 0 atom stereocenters. The molecule has 8 nitrogen and oxygen atoms in total. The molecule has 2 aliphatic rings. The Labute approximate surface area is 169 Å². The fourth-order valence-electron chi connectivity index (χ4n) is 2.82. The first kappa shape index (κ1) is 19.6. The van der Waals surface area contributed by atoms with Crippen LogP contribution in [0.2, 0.25) is 0 Å². The molecule has 0 saturated carbocycles. The number of para-hydroxylation sites is 1. The first-order chi connectivity index (χ1) is 13.6. The zero-order valence-electron chi connectivity index (χ0n) is 14.4. The van der Waals surface area contributed by atoms with Gasteiger partial charge in [0.25, 0.3) is 20.2 Å². The topological polar surface area (TPSA) is 134 Å². The lowest BCUT2D eigenvalue weighted by Crippen LogP contribution is -2.09. The van der Waals surface area contributed by atoms with E-state index in [2.05, 4.69) is 9.98 Å². The molecule has 0 unspecified atom stereocenters. The molecule has 1 aliphatic heterocycles. The van der Waals surface area contributed by atoms with Crippen LogP contribution >= 0.6 is 11.3 Å². The molecule has 0 bridgehead atoms. The highest BCUT2D eigenvalue weighted by atomic mass is 32.2. The van der Waals surface area contributed by atoms with Crippen molar-refractivity contribution in [3.63, 3.8) is 0 Å². The van der Waals surface area contributed by atoms with Gasteiger partial charge in [-0.2, -0.15) is 16.8 Å². The zero-order chi connectivity index (χ0) is 20.8. The lowest BCUT2D eigenvalue weighted by molar-refractivity contribution is 0.467. The average Bonchev–Trinajstić information content (AvgIpc) is 2.64. The maximum atomic E-state index is 11.8. The average molecular weight is 449 g/mol. The molecule has 1 heterocycles. The Hall–Kier alpha value is -2.70. The lowest BCUT2D eigenvalue weighted by Gasteiger charge is -2.08. The van der Waals surface area contributed by atoms with Gasteiger partial charge in [0, 0.05) is 0 Å². The molecule has 2 aromatic rings. The minimum atomic E-state index is -4.98. The first-order valence-electron chi connectivity index (χ1n) is 8.05. The monoisotopic (exact) mass is 448 g/mol. The molecule has 0 radical (unpaired) electrons. The van der Waals surface area contributed by atoms with Gasteiger partial charge in [-0.15, -0.1) is 11.3 Å². The molecule has 1 aliphatic carbocycles. The molecule has 2 N–H and O–H groups in total. The van der Waals surface area contributed by atoms with Gasteiger partial charge < -0.3 is 0 Å². The summed E-state index contributed by atoms with van der Waals surface area (Å²) in [7, 11) is -9.88. The van der Waals surface area contributed by atoms with Gasteiger partial charge in [0.15, 0.2) is 0 Å². The van der Waals surface area contributed by atoms with Crippen LogP contribution < -0.4 is 5.36 Å². The second-order valence-corrected chi connectivity index (χ2v) is 9.83. The van der Waals surface area contributed by atoms with Crippen LogP contribution in [0.3, 0.4) is 0 Å². The van der Waals surface area contributed by atoms with Crippen LogP contribution in [0.15, 0.2) is 75.4 Å². The molecule has 2 aromatic carbocycles. The number of fused-ring (bicyclic) bond motifs is 2. The van der Waals surface area contributed by atoms with Crippen molar-refractivity contribution in [3.05, 3.63) is 66.0 Å². The number of hydrogen-bond acceptors (Lipinski definition) is 7. The summed E-state index contributed by atoms with van der Waals surface area (Å²) in [4.78, 5) is 7.58. The molecule has 11 heteroatoms. The lowest BCUT2D eigenvalue weighted by atomic mass is 10.2. The zero-order valence-corrected chi connectivity index (χ0v) is 16.9. The van der Waals surface area contributed by atoms with Gasteiger partial charge in [-0.25, -0.2) is 9.98 Å². The summed E-state index contributed by atoms with van der Waals surface area (Å²) >= 11 is 1.47.